The molecule has 1 amide bonds. The van der Waals surface area contributed by atoms with E-state index in [0.29, 0.717) is 22.2 Å². The summed E-state index contributed by atoms with van der Waals surface area (Å²) in [5, 5.41) is 3.13. The maximum absolute atomic E-state index is 11.8. The number of nitrogens with two attached hydrogens (primary N) is 1. The van der Waals surface area contributed by atoms with Crippen molar-refractivity contribution in [2.24, 2.45) is 0 Å². The zero-order chi connectivity index (χ0) is 12.3. The van der Waals surface area contributed by atoms with Crippen molar-refractivity contribution in [1.29, 1.82) is 0 Å². The second kappa shape index (κ2) is 4.80. The quantitative estimate of drug-likeness (QED) is 0.851. The Bertz CT molecular complexity index is 541. The number of amides is 1. The summed E-state index contributed by atoms with van der Waals surface area (Å²) in [5.74, 6) is 0.422. The Morgan fingerprint density at radius 1 is 1.29 bits per heavy atom. The highest BCUT2D eigenvalue weighted by atomic mass is 35.5. The highest BCUT2D eigenvalue weighted by Crippen LogP contribution is 2.11. The van der Waals surface area contributed by atoms with Crippen LogP contribution >= 0.6 is 11.6 Å². The van der Waals surface area contributed by atoms with Gasteiger partial charge in [-0.25, -0.2) is 9.97 Å². The van der Waals surface area contributed by atoms with Gasteiger partial charge in [0.2, 0.25) is 0 Å². The largest absolute Gasteiger partial charge is 0.384 e. The fraction of sp³-hybridized carbons (Fsp3) is 0. The number of halogens is 1. The number of carbonyl (C=O) groups excluding carboxylic acids is 1. The number of hydrogen-bond donors (Lipinski definition) is 2. The number of nitrogen functional groups attached to an aromatic ring is 1. The van der Waals surface area contributed by atoms with Gasteiger partial charge in [-0.05, 0) is 24.3 Å². The fourth-order valence-corrected chi connectivity index (χ4v) is 1.34. The third kappa shape index (κ3) is 2.92. The van der Waals surface area contributed by atoms with Gasteiger partial charge in [0.05, 0.1) is 5.02 Å². The standard InChI is InChI=1S/C11H9ClN4O/c12-8-1-2-10(15-6-8)16-11(17)7-3-4-14-9(13)5-7/h1-6H,(H2,13,14)(H,15,16,17). The molecule has 0 bridgehead atoms. The first-order chi connectivity index (χ1) is 8.15. The number of aromatic nitrogens is 2. The number of hydrogen-bond acceptors (Lipinski definition) is 4. The summed E-state index contributed by atoms with van der Waals surface area (Å²) in [5.41, 5.74) is 5.91. The summed E-state index contributed by atoms with van der Waals surface area (Å²) < 4.78 is 0. The van der Waals surface area contributed by atoms with Gasteiger partial charge in [-0.15, -0.1) is 0 Å². The highest BCUT2D eigenvalue weighted by Gasteiger charge is 2.07. The second-order valence-corrected chi connectivity index (χ2v) is 3.72. The SMILES string of the molecule is Nc1cc(C(=O)Nc2ccc(Cl)cn2)ccn1. The summed E-state index contributed by atoms with van der Waals surface area (Å²) in [6.07, 6.45) is 2.93. The lowest BCUT2D eigenvalue weighted by molar-refractivity contribution is 0.102. The minimum Gasteiger partial charge on any atom is -0.384 e. The molecule has 2 heterocycles. The van der Waals surface area contributed by atoms with Crippen LogP contribution in [0.5, 0.6) is 0 Å². The molecule has 0 saturated carbocycles. The Labute approximate surface area is 103 Å². The zero-order valence-electron chi connectivity index (χ0n) is 8.72. The Morgan fingerprint density at radius 3 is 2.76 bits per heavy atom. The fourth-order valence-electron chi connectivity index (χ4n) is 1.23. The van der Waals surface area contributed by atoms with Crippen LogP contribution in [0, 0.1) is 0 Å². The van der Waals surface area contributed by atoms with Gasteiger partial charge in [-0.1, -0.05) is 11.6 Å². The minimum atomic E-state index is -0.297. The van der Waals surface area contributed by atoms with Crippen molar-refractivity contribution in [2.75, 3.05) is 11.1 Å². The molecule has 2 rings (SSSR count). The first kappa shape index (κ1) is 11.3. The Kier molecular flexibility index (Phi) is 3.20. The van der Waals surface area contributed by atoms with E-state index in [-0.39, 0.29) is 5.91 Å². The van der Waals surface area contributed by atoms with Crippen molar-refractivity contribution in [3.63, 3.8) is 0 Å². The van der Waals surface area contributed by atoms with Crippen LogP contribution in [-0.4, -0.2) is 15.9 Å². The molecule has 6 heteroatoms. The van der Waals surface area contributed by atoms with Crippen LogP contribution < -0.4 is 11.1 Å². The van der Waals surface area contributed by atoms with E-state index in [9.17, 15) is 4.79 Å². The molecular formula is C11H9ClN4O. The monoisotopic (exact) mass is 248 g/mol. The number of pyridine rings is 2. The molecule has 2 aromatic rings. The molecular weight excluding hydrogens is 240 g/mol. The predicted octanol–water partition coefficient (Wildman–Crippen LogP) is 1.96. The molecule has 86 valence electrons. The molecule has 0 fully saturated rings. The summed E-state index contributed by atoms with van der Waals surface area (Å²) in [7, 11) is 0. The molecule has 0 spiro atoms. The average molecular weight is 249 g/mol. The number of nitrogens with zero attached hydrogens (tertiary/aromatic N) is 2. The molecule has 0 unspecified atom stereocenters. The smallest absolute Gasteiger partial charge is 0.257 e. The van der Waals surface area contributed by atoms with Gasteiger partial charge < -0.3 is 11.1 Å². The van der Waals surface area contributed by atoms with Crippen molar-refractivity contribution in [3.8, 4) is 0 Å². The predicted molar refractivity (Wildman–Crippen MR) is 65.8 cm³/mol. The van der Waals surface area contributed by atoms with E-state index in [1.165, 1.54) is 18.5 Å². The molecule has 3 N–H and O–H groups in total. The Hall–Kier alpha value is -2.14. The first-order valence-electron chi connectivity index (χ1n) is 4.79. The summed E-state index contributed by atoms with van der Waals surface area (Å²) >= 11 is 5.69. The normalized spacial score (nSPS) is 9.94. The Balaban J connectivity index is 2.14. The first-order valence-corrected chi connectivity index (χ1v) is 5.17. The maximum Gasteiger partial charge on any atom is 0.257 e. The van der Waals surface area contributed by atoms with Crippen molar-refractivity contribution >= 4 is 29.1 Å². The van der Waals surface area contributed by atoms with Crippen molar-refractivity contribution in [1.82, 2.24) is 9.97 Å². The van der Waals surface area contributed by atoms with E-state index in [1.807, 2.05) is 0 Å². The maximum atomic E-state index is 11.8. The summed E-state index contributed by atoms with van der Waals surface area (Å²) in [4.78, 5) is 19.5. The number of nitrogens with one attached hydrogen (secondary N) is 1. The van der Waals surface area contributed by atoms with Gasteiger partial charge in [0.15, 0.2) is 0 Å². The van der Waals surface area contributed by atoms with E-state index in [4.69, 9.17) is 17.3 Å². The van der Waals surface area contributed by atoms with E-state index in [2.05, 4.69) is 15.3 Å². The zero-order valence-corrected chi connectivity index (χ0v) is 9.48. The van der Waals surface area contributed by atoms with Gasteiger partial charge >= 0.3 is 0 Å². The van der Waals surface area contributed by atoms with E-state index >= 15 is 0 Å². The Morgan fingerprint density at radius 2 is 2.12 bits per heavy atom. The van der Waals surface area contributed by atoms with Crippen LogP contribution in [0.25, 0.3) is 0 Å². The third-order valence-corrected chi connectivity index (χ3v) is 2.24. The topological polar surface area (TPSA) is 80.9 Å². The molecule has 0 atom stereocenters. The molecule has 0 aromatic carbocycles. The average Bonchev–Trinajstić information content (AvgIpc) is 2.32. The van der Waals surface area contributed by atoms with Crippen molar-refractivity contribution in [3.05, 3.63) is 47.2 Å². The van der Waals surface area contributed by atoms with Gasteiger partial charge in [-0.3, -0.25) is 4.79 Å². The molecule has 5 nitrogen and oxygen atoms in total. The summed E-state index contributed by atoms with van der Waals surface area (Å²) in [6.45, 7) is 0. The van der Waals surface area contributed by atoms with Gasteiger partial charge in [0, 0.05) is 18.0 Å². The van der Waals surface area contributed by atoms with Crippen LogP contribution in [-0.2, 0) is 0 Å². The minimum absolute atomic E-state index is 0.293. The van der Waals surface area contributed by atoms with Gasteiger partial charge in [0.1, 0.15) is 11.6 Å². The molecule has 0 saturated heterocycles. The number of carbonyl (C=O) groups is 1. The van der Waals surface area contributed by atoms with Crippen LogP contribution in [0.4, 0.5) is 11.6 Å². The van der Waals surface area contributed by atoms with Crippen LogP contribution in [0.2, 0.25) is 5.02 Å². The van der Waals surface area contributed by atoms with Crippen LogP contribution in [0.1, 0.15) is 10.4 Å². The molecule has 17 heavy (non-hydrogen) atoms. The molecule has 2 aromatic heterocycles. The van der Waals surface area contributed by atoms with E-state index < -0.39 is 0 Å². The van der Waals surface area contributed by atoms with E-state index in [1.54, 1.807) is 18.2 Å². The van der Waals surface area contributed by atoms with Crippen molar-refractivity contribution < 1.29 is 4.79 Å². The number of anilines is 2. The summed E-state index contributed by atoms with van der Waals surface area (Å²) in [6, 6.07) is 6.32. The van der Waals surface area contributed by atoms with Gasteiger partial charge in [-0.2, -0.15) is 0 Å². The second-order valence-electron chi connectivity index (χ2n) is 3.29. The molecule has 0 aliphatic rings. The third-order valence-electron chi connectivity index (χ3n) is 2.01. The van der Waals surface area contributed by atoms with Gasteiger partial charge in [0.25, 0.3) is 5.91 Å². The lowest BCUT2D eigenvalue weighted by atomic mass is 10.2. The lowest BCUT2D eigenvalue weighted by Crippen LogP contribution is -2.13. The number of rotatable bonds is 2. The lowest BCUT2D eigenvalue weighted by Gasteiger charge is -2.04. The highest BCUT2D eigenvalue weighted by molar-refractivity contribution is 6.30. The van der Waals surface area contributed by atoms with Crippen LogP contribution in [0.3, 0.4) is 0 Å². The molecule has 0 radical (unpaired) electrons. The molecule has 0 aliphatic carbocycles. The van der Waals surface area contributed by atoms with Crippen LogP contribution in [0.15, 0.2) is 36.7 Å². The molecule has 0 aliphatic heterocycles. The van der Waals surface area contributed by atoms with Crippen molar-refractivity contribution in [2.45, 2.75) is 0 Å². The van der Waals surface area contributed by atoms with E-state index in [0.717, 1.165) is 0 Å².